The molecule has 0 atom stereocenters. The standard InChI is InChI=1S/C16H18O4/c1-16(2,3)20-15(19)11-9-13-7-5-4-6-12(13)8-10-14(17)18/h4-11H,1-3H3,(H,17,18)/b10-8+,11-9+. The molecule has 0 aliphatic heterocycles. The Morgan fingerprint density at radius 2 is 1.55 bits per heavy atom. The highest BCUT2D eigenvalue weighted by Gasteiger charge is 2.13. The number of carboxylic acid groups (broad SMARTS) is 1. The van der Waals surface area contributed by atoms with Gasteiger partial charge in [-0.15, -0.1) is 0 Å². The fraction of sp³-hybridized carbons (Fsp3) is 0.250. The second-order valence-electron chi connectivity index (χ2n) is 5.17. The first-order valence-corrected chi connectivity index (χ1v) is 6.19. The van der Waals surface area contributed by atoms with E-state index in [1.54, 1.807) is 45.0 Å². The third kappa shape index (κ3) is 6.00. The first kappa shape index (κ1) is 15.7. The highest BCUT2D eigenvalue weighted by Crippen LogP contribution is 2.14. The van der Waals surface area contributed by atoms with Crippen molar-refractivity contribution in [2.45, 2.75) is 26.4 Å². The van der Waals surface area contributed by atoms with Gasteiger partial charge in [0.1, 0.15) is 5.60 Å². The highest BCUT2D eigenvalue weighted by molar-refractivity contribution is 5.89. The van der Waals surface area contributed by atoms with E-state index in [0.29, 0.717) is 0 Å². The van der Waals surface area contributed by atoms with E-state index in [-0.39, 0.29) is 0 Å². The van der Waals surface area contributed by atoms with E-state index in [0.717, 1.165) is 17.2 Å². The topological polar surface area (TPSA) is 63.6 Å². The van der Waals surface area contributed by atoms with Gasteiger partial charge in [-0.25, -0.2) is 9.59 Å². The van der Waals surface area contributed by atoms with Crippen LogP contribution in [0, 0.1) is 0 Å². The van der Waals surface area contributed by atoms with Crippen LogP contribution >= 0.6 is 0 Å². The molecule has 1 aromatic carbocycles. The fourth-order valence-electron chi connectivity index (χ4n) is 1.47. The van der Waals surface area contributed by atoms with Crippen molar-refractivity contribution >= 4 is 24.1 Å². The van der Waals surface area contributed by atoms with Gasteiger partial charge in [0.25, 0.3) is 0 Å². The summed E-state index contributed by atoms with van der Waals surface area (Å²) in [6, 6.07) is 7.18. The lowest BCUT2D eigenvalue weighted by Crippen LogP contribution is -2.22. The molecule has 0 unspecified atom stereocenters. The zero-order chi connectivity index (χ0) is 15.2. The molecule has 1 aromatic rings. The van der Waals surface area contributed by atoms with Crippen LogP contribution in [0.3, 0.4) is 0 Å². The lowest BCUT2D eigenvalue weighted by atomic mass is 10.1. The van der Waals surface area contributed by atoms with E-state index < -0.39 is 17.5 Å². The molecule has 0 spiro atoms. The Labute approximate surface area is 118 Å². The SMILES string of the molecule is CC(C)(C)OC(=O)/C=C/c1ccccc1/C=C/C(=O)O. The second kappa shape index (κ2) is 6.70. The summed E-state index contributed by atoms with van der Waals surface area (Å²) in [6.07, 6.45) is 5.48. The number of aliphatic carboxylic acids is 1. The van der Waals surface area contributed by atoms with E-state index in [4.69, 9.17) is 9.84 Å². The van der Waals surface area contributed by atoms with Gasteiger partial charge in [0, 0.05) is 12.2 Å². The predicted octanol–water partition coefficient (Wildman–Crippen LogP) is 3.14. The largest absolute Gasteiger partial charge is 0.478 e. The first-order valence-electron chi connectivity index (χ1n) is 6.19. The summed E-state index contributed by atoms with van der Waals surface area (Å²) >= 11 is 0. The monoisotopic (exact) mass is 274 g/mol. The number of hydrogen-bond acceptors (Lipinski definition) is 3. The zero-order valence-electron chi connectivity index (χ0n) is 11.8. The van der Waals surface area contributed by atoms with Crippen LogP contribution in [0.2, 0.25) is 0 Å². The lowest BCUT2D eigenvalue weighted by Gasteiger charge is -2.17. The highest BCUT2D eigenvalue weighted by atomic mass is 16.6. The normalized spacial score (nSPS) is 11.9. The number of carbonyl (C=O) groups is 2. The average molecular weight is 274 g/mol. The van der Waals surface area contributed by atoms with Crippen LogP contribution in [-0.4, -0.2) is 22.6 Å². The number of rotatable bonds is 4. The molecule has 4 nitrogen and oxygen atoms in total. The minimum atomic E-state index is -1.02. The Bertz CT molecular complexity index is 548. The fourth-order valence-corrected chi connectivity index (χ4v) is 1.47. The molecule has 0 fully saturated rings. The molecule has 1 rings (SSSR count). The maximum atomic E-state index is 11.6. The van der Waals surface area contributed by atoms with Crippen LogP contribution in [0.25, 0.3) is 12.2 Å². The van der Waals surface area contributed by atoms with Crippen molar-refractivity contribution in [2.75, 3.05) is 0 Å². The van der Waals surface area contributed by atoms with E-state index in [2.05, 4.69) is 0 Å². The van der Waals surface area contributed by atoms with Gasteiger partial charge in [-0.05, 0) is 44.1 Å². The van der Waals surface area contributed by atoms with Gasteiger partial charge in [0.15, 0.2) is 0 Å². The Hall–Kier alpha value is -2.36. The third-order valence-electron chi connectivity index (χ3n) is 2.21. The van der Waals surface area contributed by atoms with E-state index in [1.165, 1.54) is 12.2 Å². The number of ether oxygens (including phenoxy) is 1. The van der Waals surface area contributed by atoms with Crippen LogP contribution in [-0.2, 0) is 14.3 Å². The van der Waals surface area contributed by atoms with Gasteiger partial charge >= 0.3 is 11.9 Å². The molecule has 0 bridgehead atoms. The Morgan fingerprint density at radius 3 is 2.00 bits per heavy atom. The van der Waals surface area contributed by atoms with Crippen molar-refractivity contribution in [1.82, 2.24) is 0 Å². The molecular weight excluding hydrogens is 256 g/mol. The maximum absolute atomic E-state index is 11.6. The maximum Gasteiger partial charge on any atom is 0.331 e. The van der Waals surface area contributed by atoms with Gasteiger partial charge in [-0.3, -0.25) is 0 Å². The summed E-state index contributed by atoms with van der Waals surface area (Å²) in [6.45, 7) is 5.38. The molecule has 0 aliphatic carbocycles. The quantitative estimate of drug-likeness (QED) is 0.676. The summed E-state index contributed by atoms with van der Waals surface area (Å²) in [7, 11) is 0. The van der Waals surface area contributed by atoms with Crippen LogP contribution in [0.15, 0.2) is 36.4 Å². The van der Waals surface area contributed by atoms with Crippen molar-refractivity contribution in [3.63, 3.8) is 0 Å². The molecule has 0 aromatic heterocycles. The molecule has 0 saturated heterocycles. The smallest absolute Gasteiger partial charge is 0.331 e. The summed E-state index contributed by atoms with van der Waals surface area (Å²) in [5.74, 6) is -1.45. The average Bonchev–Trinajstić information content (AvgIpc) is 2.32. The van der Waals surface area contributed by atoms with Gasteiger partial charge in [0.05, 0.1) is 0 Å². The van der Waals surface area contributed by atoms with Crippen molar-refractivity contribution < 1.29 is 19.4 Å². The molecule has 0 saturated carbocycles. The number of benzene rings is 1. The zero-order valence-corrected chi connectivity index (χ0v) is 11.8. The summed E-state index contributed by atoms with van der Waals surface area (Å²) in [4.78, 5) is 22.1. The van der Waals surface area contributed by atoms with Crippen molar-refractivity contribution in [3.8, 4) is 0 Å². The van der Waals surface area contributed by atoms with Crippen molar-refractivity contribution in [2.24, 2.45) is 0 Å². The molecule has 20 heavy (non-hydrogen) atoms. The van der Waals surface area contributed by atoms with Crippen molar-refractivity contribution in [3.05, 3.63) is 47.5 Å². The Morgan fingerprint density at radius 1 is 1.05 bits per heavy atom. The minimum absolute atomic E-state index is 0.436. The third-order valence-corrected chi connectivity index (χ3v) is 2.21. The second-order valence-corrected chi connectivity index (χ2v) is 5.17. The molecule has 0 radical (unpaired) electrons. The van der Waals surface area contributed by atoms with E-state index >= 15 is 0 Å². The van der Waals surface area contributed by atoms with Crippen LogP contribution in [0.4, 0.5) is 0 Å². The van der Waals surface area contributed by atoms with Crippen LogP contribution in [0.5, 0.6) is 0 Å². The number of esters is 1. The van der Waals surface area contributed by atoms with Gasteiger partial charge in [-0.2, -0.15) is 0 Å². The molecular formula is C16H18O4. The van der Waals surface area contributed by atoms with Crippen LogP contribution < -0.4 is 0 Å². The number of carboxylic acids is 1. The van der Waals surface area contributed by atoms with E-state index in [9.17, 15) is 9.59 Å². The number of hydrogen-bond donors (Lipinski definition) is 1. The molecule has 1 N–H and O–H groups in total. The van der Waals surface area contributed by atoms with Crippen molar-refractivity contribution in [1.29, 1.82) is 0 Å². The molecule has 0 aliphatic rings. The summed E-state index contributed by atoms with van der Waals surface area (Å²) in [5.41, 5.74) is 0.926. The number of carbonyl (C=O) groups excluding carboxylic acids is 1. The molecule has 106 valence electrons. The first-order chi connectivity index (χ1) is 9.28. The van der Waals surface area contributed by atoms with E-state index in [1.807, 2.05) is 6.07 Å². The summed E-state index contributed by atoms with van der Waals surface area (Å²) < 4.78 is 5.16. The van der Waals surface area contributed by atoms with Gasteiger partial charge in [-0.1, -0.05) is 24.3 Å². The minimum Gasteiger partial charge on any atom is -0.478 e. The van der Waals surface area contributed by atoms with Crippen LogP contribution in [0.1, 0.15) is 31.9 Å². The molecule has 0 amide bonds. The molecule has 4 heteroatoms. The van der Waals surface area contributed by atoms with Gasteiger partial charge < -0.3 is 9.84 Å². The summed E-state index contributed by atoms with van der Waals surface area (Å²) in [5, 5.41) is 8.63. The predicted molar refractivity (Wildman–Crippen MR) is 78.0 cm³/mol. The van der Waals surface area contributed by atoms with Gasteiger partial charge in [0.2, 0.25) is 0 Å². The lowest BCUT2D eigenvalue weighted by molar-refractivity contribution is -0.148. The Balaban J connectivity index is 2.87. The molecule has 0 heterocycles. The Kier molecular flexibility index (Phi) is 5.26.